The molecule has 0 spiro atoms. The maximum Gasteiger partial charge on any atom is 0.338 e. The first-order valence-corrected chi connectivity index (χ1v) is 3.49. The van der Waals surface area contributed by atoms with E-state index in [1.165, 1.54) is 0 Å². The fourth-order valence-electron chi connectivity index (χ4n) is 0.927. The van der Waals surface area contributed by atoms with Crippen molar-refractivity contribution in [3.05, 3.63) is 34.6 Å². The van der Waals surface area contributed by atoms with Crippen LogP contribution in [-0.2, 0) is 6.61 Å². The lowest BCUT2D eigenvalue weighted by molar-refractivity contribution is 0.0690. The Bertz CT molecular complexity index is 390. The van der Waals surface area contributed by atoms with Gasteiger partial charge < -0.3 is 10.2 Å². The molecule has 0 atom stereocenters. The molecule has 0 aliphatic heterocycles. The zero-order valence-electron chi connectivity index (χ0n) is 6.72. The first kappa shape index (κ1) is 10.5. The number of carboxylic acids is 1. The first-order chi connectivity index (χ1) is 6.49. The Kier molecular flexibility index (Phi) is 2.76. The third-order valence-corrected chi connectivity index (χ3v) is 1.62. The van der Waals surface area contributed by atoms with Crippen LogP contribution >= 0.6 is 0 Å². The van der Waals surface area contributed by atoms with Gasteiger partial charge in [0.05, 0.1) is 12.2 Å². The second kappa shape index (κ2) is 3.67. The van der Waals surface area contributed by atoms with Gasteiger partial charge in [-0.2, -0.15) is 0 Å². The number of aromatic carboxylic acids is 1. The van der Waals surface area contributed by atoms with E-state index in [2.05, 4.69) is 0 Å². The van der Waals surface area contributed by atoms with Crippen molar-refractivity contribution in [3.63, 3.8) is 0 Å². The van der Waals surface area contributed by atoms with E-state index in [1.807, 2.05) is 0 Å². The minimum absolute atomic E-state index is 0.552. The Morgan fingerprint density at radius 1 is 1.21 bits per heavy atom. The standard InChI is InChI=1S/C8H5F3O3/c9-5-3(2-12)1-4(8(13)14)6(10)7(5)11/h1,12H,2H2,(H,13,14). The Morgan fingerprint density at radius 2 is 1.79 bits per heavy atom. The maximum absolute atomic E-state index is 12.8. The third-order valence-electron chi connectivity index (χ3n) is 1.62. The molecule has 3 nitrogen and oxygen atoms in total. The van der Waals surface area contributed by atoms with E-state index in [1.54, 1.807) is 0 Å². The molecule has 0 radical (unpaired) electrons. The number of rotatable bonds is 2. The molecule has 0 fully saturated rings. The van der Waals surface area contributed by atoms with Crippen molar-refractivity contribution in [2.75, 3.05) is 0 Å². The van der Waals surface area contributed by atoms with Crippen LogP contribution in [0.2, 0.25) is 0 Å². The molecular formula is C8H5F3O3. The van der Waals surface area contributed by atoms with E-state index in [0.29, 0.717) is 6.07 Å². The van der Waals surface area contributed by atoms with Crippen molar-refractivity contribution in [3.8, 4) is 0 Å². The first-order valence-electron chi connectivity index (χ1n) is 3.49. The molecule has 1 aromatic rings. The molecule has 0 aliphatic carbocycles. The summed E-state index contributed by atoms with van der Waals surface area (Å²) in [7, 11) is 0. The van der Waals surface area contributed by atoms with Crippen molar-refractivity contribution >= 4 is 5.97 Å². The number of benzene rings is 1. The van der Waals surface area contributed by atoms with Gasteiger partial charge in [0, 0.05) is 5.56 Å². The summed E-state index contributed by atoms with van der Waals surface area (Å²) in [6.07, 6.45) is 0. The Morgan fingerprint density at radius 3 is 2.21 bits per heavy atom. The van der Waals surface area contributed by atoms with Crippen molar-refractivity contribution in [2.45, 2.75) is 6.61 Å². The smallest absolute Gasteiger partial charge is 0.338 e. The summed E-state index contributed by atoms with van der Waals surface area (Å²) >= 11 is 0. The summed E-state index contributed by atoms with van der Waals surface area (Å²) < 4.78 is 38.2. The van der Waals surface area contributed by atoms with Crippen LogP contribution in [0, 0.1) is 17.5 Å². The predicted octanol–water partition coefficient (Wildman–Crippen LogP) is 1.29. The van der Waals surface area contributed by atoms with Crippen molar-refractivity contribution in [1.82, 2.24) is 0 Å². The van der Waals surface area contributed by atoms with Gasteiger partial charge >= 0.3 is 5.97 Å². The second-order valence-corrected chi connectivity index (χ2v) is 2.49. The van der Waals surface area contributed by atoms with E-state index < -0.39 is 41.2 Å². The normalized spacial score (nSPS) is 10.3. The molecule has 0 amide bonds. The van der Waals surface area contributed by atoms with Gasteiger partial charge in [0.1, 0.15) is 0 Å². The molecule has 0 aromatic heterocycles. The molecule has 6 heteroatoms. The largest absolute Gasteiger partial charge is 0.478 e. The van der Waals surface area contributed by atoms with E-state index in [0.717, 1.165) is 0 Å². The molecule has 1 aromatic carbocycles. The van der Waals surface area contributed by atoms with Gasteiger partial charge in [0.2, 0.25) is 0 Å². The van der Waals surface area contributed by atoms with E-state index in [4.69, 9.17) is 10.2 Å². The fraction of sp³-hybridized carbons (Fsp3) is 0.125. The highest BCUT2D eigenvalue weighted by Crippen LogP contribution is 2.19. The Hall–Kier alpha value is -1.56. The maximum atomic E-state index is 12.8. The zero-order valence-corrected chi connectivity index (χ0v) is 6.72. The number of aliphatic hydroxyl groups excluding tert-OH is 1. The Balaban J connectivity index is 3.48. The quantitative estimate of drug-likeness (QED) is 0.717. The zero-order chi connectivity index (χ0) is 10.9. The summed E-state index contributed by atoms with van der Waals surface area (Å²) in [4.78, 5) is 10.3. The molecule has 0 bridgehead atoms. The highest BCUT2D eigenvalue weighted by molar-refractivity contribution is 5.88. The van der Waals surface area contributed by atoms with Crippen LogP contribution in [0.4, 0.5) is 13.2 Å². The number of hydrogen-bond donors (Lipinski definition) is 2. The number of carbonyl (C=O) groups is 1. The lowest BCUT2D eigenvalue weighted by Gasteiger charge is -2.04. The average molecular weight is 206 g/mol. The predicted molar refractivity (Wildman–Crippen MR) is 39.2 cm³/mol. The highest BCUT2D eigenvalue weighted by atomic mass is 19.2. The number of aliphatic hydroxyl groups is 1. The Labute approximate surface area is 76.4 Å². The monoisotopic (exact) mass is 206 g/mol. The van der Waals surface area contributed by atoms with Gasteiger partial charge in [0.15, 0.2) is 17.5 Å². The van der Waals surface area contributed by atoms with Gasteiger partial charge in [0.25, 0.3) is 0 Å². The van der Waals surface area contributed by atoms with Crippen molar-refractivity contribution < 1.29 is 28.2 Å². The van der Waals surface area contributed by atoms with Crippen LogP contribution in [-0.4, -0.2) is 16.2 Å². The lowest BCUT2D eigenvalue weighted by Crippen LogP contribution is -2.08. The minimum atomic E-state index is -1.89. The van der Waals surface area contributed by atoms with Gasteiger partial charge in [-0.05, 0) is 6.07 Å². The average Bonchev–Trinajstić information content (AvgIpc) is 2.14. The summed E-state index contributed by atoms with van der Waals surface area (Å²) in [5.41, 5.74) is -1.60. The molecule has 14 heavy (non-hydrogen) atoms. The number of halogens is 3. The summed E-state index contributed by atoms with van der Waals surface area (Å²) in [5.74, 6) is -6.97. The molecule has 0 unspecified atom stereocenters. The number of carboxylic acid groups (broad SMARTS) is 1. The van der Waals surface area contributed by atoms with Gasteiger partial charge in [-0.25, -0.2) is 18.0 Å². The minimum Gasteiger partial charge on any atom is -0.478 e. The lowest BCUT2D eigenvalue weighted by atomic mass is 10.1. The van der Waals surface area contributed by atoms with Crippen LogP contribution in [0.25, 0.3) is 0 Å². The van der Waals surface area contributed by atoms with Crippen LogP contribution in [0.3, 0.4) is 0 Å². The van der Waals surface area contributed by atoms with Crippen molar-refractivity contribution in [1.29, 1.82) is 0 Å². The van der Waals surface area contributed by atoms with Crippen LogP contribution < -0.4 is 0 Å². The van der Waals surface area contributed by atoms with Gasteiger partial charge in [-0.1, -0.05) is 0 Å². The fourth-order valence-corrected chi connectivity index (χ4v) is 0.927. The topological polar surface area (TPSA) is 57.5 Å². The molecule has 2 N–H and O–H groups in total. The summed E-state index contributed by atoms with van der Waals surface area (Å²) in [5, 5.41) is 16.9. The highest BCUT2D eigenvalue weighted by Gasteiger charge is 2.21. The van der Waals surface area contributed by atoms with Crippen molar-refractivity contribution in [2.24, 2.45) is 0 Å². The molecule has 1 rings (SSSR count). The van der Waals surface area contributed by atoms with E-state index in [9.17, 15) is 18.0 Å². The summed E-state index contributed by atoms with van der Waals surface area (Å²) in [6.45, 7) is -0.899. The molecule has 0 saturated carbocycles. The third kappa shape index (κ3) is 1.56. The van der Waals surface area contributed by atoms with Crippen LogP contribution in [0.15, 0.2) is 6.07 Å². The van der Waals surface area contributed by atoms with E-state index >= 15 is 0 Å². The molecule has 0 aliphatic rings. The van der Waals surface area contributed by atoms with Gasteiger partial charge in [-0.3, -0.25) is 0 Å². The van der Waals surface area contributed by atoms with Crippen LogP contribution in [0.5, 0.6) is 0 Å². The van der Waals surface area contributed by atoms with E-state index in [-0.39, 0.29) is 0 Å². The van der Waals surface area contributed by atoms with Crippen LogP contribution in [0.1, 0.15) is 15.9 Å². The summed E-state index contributed by atoms with van der Waals surface area (Å²) in [6, 6.07) is 0.552. The van der Waals surface area contributed by atoms with Gasteiger partial charge in [-0.15, -0.1) is 0 Å². The number of hydrogen-bond acceptors (Lipinski definition) is 2. The molecular weight excluding hydrogens is 201 g/mol. The SMILES string of the molecule is O=C(O)c1cc(CO)c(F)c(F)c1F. The molecule has 76 valence electrons. The molecule has 0 saturated heterocycles. The molecule has 0 heterocycles. The second-order valence-electron chi connectivity index (χ2n) is 2.49.